The second-order valence-electron chi connectivity index (χ2n) is 4.84. The van der Waals surface area contributed by atoms with Crippen LogP contribution in [0.3, 0.4) is 0 Å². The zero-order chi connectivity index (χ0) is 17.5. The molecule has 1 aromatic carbocycles. The zero-order valence-corrected chi connectivity index (χ0v) is 14.1. The summed E-state index contributed by atoms with van der Waals surface area (Å²) >= 11 is 3.05. The summed E-state index contributed by atoms with van der Waals surface area (Å²) in [5.74, 6) is -0.600. The van der Waals surface area contributed by atoms with Crippen LogP contribution in [0.15, 0.2) is 32.3 Å². The largest absolute Gasteiger partial charge is 0.330 e. The molecule has 0 aliphatic heterocycles. The number of nitrogens with two attached hydrogens (primary N) is 1. The van der Waals surface area contributed by atoms with Gasteiger partial charge in [-0.3, -0.25) is 15.5 Å². The number of hydrogen-bond acceptors (Lipinski definition) is 7. The van der Waals surface area contributed by atoms with Crippen molar-refractivity contribution in [1.29, 1.82) is 0 Å². The lowest BCUT2D eigenvalue weighted by molar-refractivity contribution is -0.118. The van der Waals surface area contributed by atoms with Gasteiger partial charge in [-0.05, 0) is 52.3 Å². The number of nitrogens with zero attached hydrogens (tertiary/aromatic N) is 3. The minimum Gasteiger partial charge on any atom is -0.330 e. The van der Waals surface area contributed by atoms with Gasteiger partial charge in [0, 0.05) is 6.42 Å². The van der Waals surface area contributed by atoms with Crippen molar-refractivity contribution in [3.63, 3.8) is 0 Å². The molecule has 0 radical (unpaired) electrons. The topological polar surface area (TPSA) is 127 Å². The van der Waals surface area contributed by atoms with E-state index < -0.39 is 5.82 Å². The Morgan fingerprint density at radius 3 is 2.92 bits per heavy atom. The highest BCUT2D eigenvalue weighted by atomic mass is 79.9. The fourth-order valence-electron chi connectivity index (χ4n) is 1.89. The number of carbonyl (C=O) groups is 1. The molecular formula is C14H15BrFN5O3. The third-order valence-electron chi connectivity index (χ3n) is 3.06. The molecule has 10 heteroatoms. The van der Waals surface area contributed by atoms with E-state index in [-0.39, 0.29) is 33.9 Å². The molecule has 4 N–H and O–H groups in total. The van der Waals surface area contributed by atoms with Crippen molar-refractivity contribution >= 4 is 33.2 Å². The average Bonchev–Trinajstić information content (AvgIpc) is 3.01. The third kappa shape index (κ3) is 4.66. The maximum Gasteiger partial charge on any atom is 0.182 e. The first-order chi connectivity index (χ1) is 11.5. The predicted molar refractivity (Wildman–Crippen MR) is 86.5 cm³/mol. The van der Waals surface area contributed by atoms with E-state index in [0.29, 0.717) is 25.1 Å². The number of benzene rings is 1. The molecule has 8 nitrogen and oxygen atoms in total. The maximum atomic E-state index is 13.3. The summed E-state index contributed by atoms with van der Waals surface area (Å²) in [5, 5.41) is 16.6. The zero-order valence-electron chi connectivity index (χ0n) is 12.5. The highest BCUT2D eigenvalue weighted by molar-refractivity contribution is 9.10. The predicted octanol–water partition coefficient (Wildman–Crippen LogP) is 1.88. The van der Waals surface area contributed by atoms with Crippen molar-refractivity contribution < 1.29 is 19.0 Å². The Hall–Kier alpha value is -2.17. The Bertz CT molecular complexity index is 750. The summed E-state index contributed by atoms with van der Waals surface area (Å²) in [6, 6.07) is 4.06. The Morgan fingerprint density at radius 1 is 1.46 bits per heavy atom. The summed E-state index contributed by atoms with van der Waals surface area (Å²) in [7, 11) is 0. The molecule has 1 heterocycles. The summed E-state index contributed by atoms with van der Waals surface area (Å²) in [4.78, 5) is 16.0. The molecule has 0 fully saturated rings. The first-order valence-electron chi connectivity index (χ1n) is 7.02. The Kier molecular flexibility index (Phi) is 6.53. The van der Waals surface area contributed by atoms with Crippen LogP contribution in [0.5, 0.6) is 0 Å². The number of aromatic nitrogens is 2. The number of carbonyl (C=O) groups excluding carboxylic acids is 1. The number of hydroxylamine groups is 1. The Labute approximate surface area is 145 Å². The highest BCUT2D eigenvalue weighted by Gasteiger charge is 2.19. The van der Waals surface area contributed by atoms with Crippen molar-refractivity contribution in [3.05, 3.63) is 39.9 Å². The minimum absolute atomic E-state index is 0.0212. The Balaban J connectivity index is 2.24. The maximum absolute atomic E-state index is 13.3. The van der Waals surface area contributed by atoms with Crippen LogP contribution in [0.4, 0.5) is 10.1 Å². The van der Waals surface area contributed by atoms with Crippen LogP contribution in [0.1, 0.15) is 24.2 Å². The fourth-order valence-corrected chi connectivity index (χ4v) is 2.26. The standard InChI is InChI=1S/C14H15BrFN5O3/c15-10-6-8(3-4-11(10)16)18-14(19-23)13-12(20-24-21-13)7-9(22)2-1-5-17/h3-4,6,23H,1-2,5,7,17H2,(H,18,19). The number of hydrogen-bond donors (Lipinski definition) is 3. The summed E-state index contributed by atoms with van der Waals surface area (Å²) in [6.07, 6.45) is 0.863. The number of amidine groups is 1. The van der Waals surface area contributed by atoms with Gasteiger partial charge in [0.25, 0.3) is 0 Å². The molecule has 0 unspecified atom stereocenters. The molecule has 0 saturated carbocycles. The molecular weight excluding hydrogens is 385 g/mol. The third-order valence-corrected chi connectivity index (χ3v) is 3.66. The molecule has 0 amide bonds. The molecule has 2 rings (SSSR count). The van der Waals surface area contributed by atoms with E-state index in [1.54, 1.807) is 0 Å². The number of rotatable bonds is 7. The van der Waals surface area contributed by atoms with E-state index in [2.05, 4.69) is 35.9 Å². The van der Waals surface area contributed by atoms with E-state index in [1.165, 1.54) is 18.2 Å². The van der Waals surface area contributed by atoms with Crippen LogP contribution in [0.2, 0.25) is 0 Å². The van der Waals surface area contributed by atoms with Gasteiger partial charge in [0.15, 0.2) is 11.5 Å². The van der Waals surface area contributed by atoms with Gasteiger partial charge in [-0.1, -0.05) is 5.16 Å². The molecule has 0 aliphatic rings. The molecule has 2 aromatic rings. The van der Waals surface area contributed by atoms with E-state index in [1.807, 2.05) is 5.48 Å². The molecule has 0 spiro atoms. The molecule has 24 heavy (non-hydrogen) atoms. The molecule has 128 valence electrons. The average molecular weight is 400 g/mol. The van der Waals surface area contributed by atoms with E-state index >= 15 is 0 Å². The quantitative estimate of drug-likeness (QED) is 0.368. The normalized spacial score (nSPS) is 11.6. The SMILES string of the molecule is NCCCC(=O)Cc1nonc1C(=Nc1ccc(F)c(Br)c1)NO. The van der Waals surface area contributed by atoms with Crippen molar-refractivity contribution in [2.45, 2.75) is 19.3 Å². The second-order valence-corrected chi connectivity index (χ2v) is 5.69. The lowest BCUT2D eigenvalue weighted by Crippen LogP contribution is -2.22. The van der Waals surface area contributed by atoms with Crippen LogP contribution >= 0.6 is 15.9 Å². The van der Waals surface area contributed by atoms with Crippen molar-refractivity contribution in [3.8, 4) is 0 Å². The van der Waals surface area contributed by atoms with Crippen molar-refractivity contribution in [2.75, 3.05) is 6.54 Å². The lowest BCUT2D eigenvalue weighted by atomic mass is 10.1. The van der Waals surface area contributed by atoms with Crippen LogP contribution in [-0.4, -0.2) is 33.7 Å². The second kappa shape index (κ2) is 8.62. The first kappa shape index (κ1) is 18.2. The number of Topliss-reactive ketones (excluding diaryl/α,β-unsaturated/α-hetero) is 1. The number of nitrogens with one attached hydrogen (secondary N) is 1. The smallest absolute Gasteiger partial charge is 0.182 e. The molecule has 0 saturated heterocycles. The van der Waals surface area contributed by atoms with Crippen LogP contribution in [0.25, 0.3) is 0 Å². The van der Waals surface area contributed by atoms with Gasteiger partial charge in [-0.15, -0.1) is 0 Å². The molecule has 1 aromatic heterocycles. The number of halogens is 2. The van der Waals surface area contributed by atoms with Gasteiger partial charge in [-0.25, -0.2) is 14.0 Å². The van der Waals surface area contributed by atoms with Gasteiger partial charge in [-0.2, -0.15) is 0 Å². The van der Waals surface area contributed by atoms with Crippen LogP contribution in [-0.2, 0) is 11.2 Å². The van der Waals surface area contributed by atoms with Crippen LogP contribution < -0.4 is 11.2 Å². The van der Waals surface area contributed by atoms with Crippen LogP contribution in [0, 0.1) is 5.82 Å². The number of ketones is 1. The summed E-state index contributed by atoms with van der Waals surface area (Å²) in [6.45, 7) is 0.417. The van der Waals surface area contributed by atoms with E-state index in [9.17, 15) is 14.4 Å². The Morgan fingerprint density at radius 2 is 2.25 bits per heavy atom. The van der Waals surface area contributed by atoms with Gasteiger partial charge in [0.1, 0.15) is 17.3 Å². The number of aliphatic imine (C=N–C) groups is 1. The van der Waals surface area contributed by atoms with Gasteiger partial charge < -0.3 is 5.73 Å². The fraction of sp³-hybridized carbons (Fsp3) is 0.286. The van der Waals surface area contributed by atoms with E-state index in [0.717, 1.165) is 0 Å². The summed E-state index contributed by atoms with van der Waals surface area (Å²) in [5.41, 5.74) is 7.94. The molecule has 0 atom stereocenters. The summed E-state index contributed by atoms with van der Waals surface area (Å²) < 4.78 is 18.1. The van der Waals surface area contributed by atoms with Gasteiger partial charge in [0.2, 0.25) is 0 Å². The van der Waals surface area contributed by atoms with Gasteiger partial charge in [0.05, 0.1) is 16.6 Å². The van der Waals surface area contributed by atoms with Crippen molar-refractivity contribution in [2.24, 2.45) is 10.7 Å². The highest BCUT2D eigenvalue weighted by Crippen LogP contribution is 2.22. The first-order valence-corrected chi connectivity index (χ1v) is 7.82. The van der Waals surface area contributed by atoms with E-state index in [4.69, 9.17) is 5.73 Å². The van der Waals surface area contributed by atoms with Crippen molar-refractivity contribution in [1.82, 2.24) is 15.8 Å². The minimum atomic E-state index is -0.443. The molecule has 0 bridgehead atoms. The molecule has 0 aliphatic carbocycles. The lowest BCUT2D eigenvalue weighted by Gasteiger charge is -2.04. The monoisotopic (exact) mass is 399 g/mol. The van der Waals surface area contributed by atoms with Gasteiger partial charge >= 0.3 is 0 Å².